The number of halogens is 3. The Morgan fingerprint density at radius 2 is 1.46 bits per heavy atom. The molecule has 2 aromatic carbocycles. The lowest BCUT2D eigenvalue weighted by atomic mass is 10.2. The van der Waals surface area contributed by atoms with E-state index in [9.17, 15) is 30.0 Å². The van der Waals surface area contributed by atoms with Crippen LogP contribution in [0.2, 0.25) is 0 Å². The molecule has 0 atom stereocenters. The van der Waals surface area contributed by atoms with Gasteiger partial charge in [-0.2, -0.15) is 16.9 Å². The summed E-state index contributed by atoms with van der Waals surface area (Å²) in [5, 5.41) is 0. The number of hydrogen-bond donors (Lipinski definition) is 0. The molecular formula is C16H14F3NO4S2. The molecule has 2 rings (SSSR count). The molecule has 26 heavy (non-hydrogen) atoms. The highest BCUT2D eigenvalue weighted by atomic mass is 32.3. The standard InChI is InChI=1S/C16H14F3NO4S2/c1-3-20(25(21,22)14-9-7-12(2)8-10-14)26(23,24)15-6-4-5-13(11-15)16(17,18)19/h3-11H,1H2,2H3. The Morgan fingerprint density at radius 1 is 0.923 bits per heavy atom. The molecule has 5 nitrogen and oxygen atoms in total. The molecule has 0 heterocycles. The number of aryl methyl sites for hydroxylation is 1. The highest BCUT2D eigenvalue weighted by molar-refractivity contribution is 8.04. The SMILES string of the molecule is C=CN(S(=O)(=O)c1ccc(C)cc1)S(=O)(=O)c1cccc(C(F)(F)F)c1. The van der Waals surface area contributed by atoms with Crippen LogP contribution in [0.25, 0.3) is 0 Å². The lowest BCUT2D eigenvalue weighted by molar-refractivity contribution is -0.137. The lowest BCUT2D eigenvalue weighted by Crippen LogP contribution is -2.32. The number of alkyl halides is 3. The molecule has 0 fully saturated rings. The first-order chi connectivity index (χ1) is 11.9. The minimum atomic E-state index is -4.82. The van der Waals surface area contributed by atoms with Crippen molar-refractivity contribution in [2.75, 3.05) is 0 Å². The predicted octanol–water partition coefficient (Wildman–Crippen LogP) is 3.54. The van der Waals surface area contributed by atoms with Crippen LogP contribution in [-0.4, -0.2) is 20.5 Å². The first-order valence-electron chi connectivity index (χ1n) is 7.07. The zero-order valence-electron chi connectivity index (χ0n) is 13.4. The number of sulfonamides is 2. The van der Waals surface area contributed by atoms with Crippen molar-refractivity contribution in [3.63, 3.8) is 0 Å². The summed E-state index contributed by atoms with van der Waals surface area (Å²) in [6.45, 7) is 4.89. The summed E-state index contributed by atoms with van der Waals surface area (Å²) >= 11 is 0. The summed E-state index contributed by atoms with van der Waals surface area (Å²) in [7, 11) is -9.40. The first kappa shape index (κ1) is 20.0. The molecule has 0 saturated carbocycles. The highest BCUT2D eigenvalue weighted by Crippen LogP contribution is 2.32. The van der Waals surface area contributed by atoms with E-state index < -0.39 is 36.7 Å². The molecule has 0 amide bonds. The Hall–Kier alpha value is -2.33. The summed E-state index contributed by atoms with van der Waals surface area (Å²) < 4.78 is 89.0. The van der Waals surface area contributed by atoms with Crippen molar-refractivity contribution in [1.29, 1.82) is 0 Å². The molecule has 0 bridgehead atoms. The zero-order chi connectivity index (χ0) is 19.8. The second-order valence-corrected chi connectivity index (χ2v) is 9.12. The van der Waals surface area contributed by atoms with Gasteiger partial charge >= 0.3 is 6.18 Å². The van der Waals surface area contributed by atoms with E-state index in [1.807, 2.05) is 0 Å². The summed E-state index contributed by atoms with van der Waals surface area (Å²) in [5.41, 5.74) is -0.467. The van der Waals surface area contributed by atoms with Crippen LogP contribution < -0.4 is 0 Å². The van der Waals surface area contributed by atoms with Gasteiger partial charge in [0.25, 0.3) is 20.0 Å². The number of benzene rings is 2. The Bertz CT molecular complexity index is 1030. The fourth-order valence-corrected chi connectivity index (χ4v) is 5.44. The van der Waals surface area contributed by atoms with Gasteiger partial charge in [0, 0.05) is 6.20 Å². The maximum absolute atomic E-state index is 12.8. The number of nitrogens with zero attached hydrogens (tertiary/aromatic N) is 1. The highest BCUT2D eigenvalue weighted by Gasteiger charge is 2.36. The van der Waals surface area contributed by atoms with Crippen LogP contribution in [0.5, 0.6) is 0 Å². The minimum Gasteiger partial charge on any atom is -0.200 e. The van der Waals surface area contributed by atoms with Crippen molar-refractivity contribution < 1.29 is 30.0 Å². The topological polar surface area (TPSA) is 71.5 Å². The molecule has 0 aromatic heterocycles. The number of rotatable bonds is 5. The van der Waals surface area contributed by atoms with E-state index in [2.05, 4.69) is 6.58 Å². The van der Waals surface area contributed by atoms with Crippen molar-refractivity contribution >= 4 is 20.0 Å². The fourth-order valence-electron chi connectivity index (χ4n) is 2.08. The fraction of sp³-hybridized carbons (Fsp3) is 0.125. The van der Waals surface area contributed by atoms with Crippen molar-refractivity contribution in [2.24, 2.45) is 0 Å². The van der Waals surface area contributed by atoms with Gasteiger partial charge in [-0.15, -0.1) is 0 Å². The summed E-state index contributed by atoms with van der Waals surface area (Å²) in [5.74, 6) is 0. The van der Waals surface area contributed by atoms with Gasteiger partial charge in [0.2, 0.25) is 0 Å². The van der Waals surface area contributed by atoms with Crippen LogP contribution in [-0.2, 0) is 26.2 Å². The third-order valence-electron chi connectivity index (χ3n) is 3.40. The van der Waals surface area contributed by atoms with E-state index in [0.29, 0.717) is 18.3 Å². The third-order valence-corrected chi connectivity index (χ3v) is 7.54. The molecule has 0 saturated heterocycles. The van der Waals surface area contributed by atoms with Gasteiger partial charge in [-0.05, 0) is 37.3 Å². The van der Waals surface area contributed by atoms with Gasteiger partial charge in [-0.1, -0.05) is 30.3 Å². The van der Waals surface area contributed by atoms with Crippen molar-refractivity contribution in [2.45, 2.75) is 22.9 Å². The Kier molecular flexibility index (Phi) is 5.20. The minimum absolute atomic E-state index is 0.0415. The van der Waals surface area contributed by atoms with E-state index in [1.54, 1.807) is 6.92 Å². The Labute approximate surface area is 149 Å². The summed E-state index contributed by atoms with van der Waals surface area (Å²) in [6.07, 6.45) is -4.24. The van der Waals surface area contributed by atoms with E-state index >= 15 is 0 Å². The van der Waals surface area contributed by atoms with Gasteiger partial charge in [-0.25, -0.2) is 16.8 Å². The molecule has 0 aliphatic rings. The second kappa shape index (κ2) is 6.76. The summed E-state index contributed by atoms with van der Waals surface area (Å²) in [4.78, 5) is -1.15. The maximum atomic E-state index is 12.8. The molecule has 0 unspecified atom stereocenters. The van der Waals surface area contributed by atoms with E-state index in [0.717, 1.165) is 17.7 Å². The molecule has 10 heteroatoms. The van der Waals surface area contributed by atoms with E-state index in [4.69, 9.17) is 0 Å². The van der Waals surface area contributed by atoms with Crippen LogP contribution in [0, 0.1) is 6.92 Å². The van der Waals surface area contributed by atoms with Crippen LogP contribution in [0.1, 0.15) is 11.1 Å². The first-order valence-corrected chi connectivity index (χ1v) is 9.95. The average molecular weight is 405 g/mol. The van der Waals surface area contributed by atoms with Gasteiger partial charge in [-0.3, -0.25) is 0 Å². The van der Waals surface area contributed by atoms with Crippen molar-refractivity contribution in [3.8, 4) is 0 Å². The van der Waals surface area contributed by atoms with Crippen molar-refractivity contribution in [1.82, 2.24) is 3.71 Å². The quantitative estimate of drug-likeness (QED) is 0.763. The molecule has 140 valence electrons. The lowest BCUT2D eigenvalue weighted by Gasteiger charge is -2.20. The molecule has 0 spiro atoms. The van der Waals surface area contributed by atoms with E-state index in [-0.39, 0.29) is 8.61 Å². The van der Waals surface area contributed by atoms with Crippen LogP contribution in [0.15, 0.2) is 71.1 Å². The molecule has 0 aliphatic heterocycles. The van der Waals surface area contributed by atoms with Crippen LogP contribution in [0.3, 0.4) is 0 Å². The second-order valence-electron chi connectivity index (χ2n) is 5.26. The smallest absolute Gasteiger partial charge is 0.200 e. The molecule has 0 radical (unpaired) electrons. The van der Waals surface area contributed by atoms with Crippen LogP contribution in [0.4, 0.5) is 13.2 Å². The van der Waals surface area contributed by atoms with Gasteiger partial charge in [0.05, 0.1) is 15.4 Å². The van der Waals surface area contributed by atoms with Crippen molar-refractivity contribution in [3.05, 3.63) is 72.4 Å². The van der Waals surface area contributed by atoms with Gasteiger partial charge in [0.1, 0.15) is 0 Å². The average Bonchev–Trinajstić information content (AvgIpc) is 2.54. The molecular weight excluding hydrogens is 391 g/mol. The number of hydrogen-bond acceptors (Lipinski definition) is 4. The molecule has 0 aliphatic carbocycles. The predicted molar refractivity (Wildman–Crippen MR) is 89.0 cm³/mol. The molecule has 2 aromatic rings. The third kappa shape index (κ3) is 3.75. The van der Waals surface area contributed by atoms with Gasteiger partial charge < -0.3 is 0 Å². The maximum Gasteiger partial charge on any atom is 0.416 e. The zero-order valence-corrected chi connectivity index (χ0v) is 15.1. The molecule has 0 N–H and O–H groups in total. The Morgan fingerprint density at radius 3 is 1.96 bits per heavy atom. The Balaban J connectivity index is 2.59. The monoisotopic (exact) mass is 405 g/mol. The normalized spacial score (nSPS) is 12.6. The summed E-state index contributed by atoms with van der Waals surface area (Å²) in [6, 6.07) is 8.14. The largest absolute Gasteiger partial charge is 0.416 e. The van der Waals surface area contributed by atoms with Crippen LogP contribution >= 0.6 is 0 Å². The van der Waals surface area contributed by atoms with E-state index in [1.165, 1.54) is 24.3 Å². The van der Waals surface area contributed by atoms with Gasteiger partial charge in [0.15, 0.2) is 0 Å².